The largest absolute Gasteiger partial charge is 0.346 e. The summed E-state index contributed by atoms with van der Waals surface area (Å²) < 4.78 is 12.9. The Hall–Kier alpha value is -3.26. The normalized spacial score (nSPS) is 11.0. The third-order valence-electron chi connectivity index (χ3n) is 3.45. The van der Waals surface area contributed by atoms with Crippen LogP contribution in [0.15, 0.2) is 58.4 Å². The Bertz CT molecular complexity index is 1010. The molecule has 3 rings (SSSR count). The molecule has 0 radical (unpaired) electrons. The number of nitrogens with zero attached hydrogens (tertiary/aromatic N) is 3. The number of aromatic amines is 1. The Labute approximate surface area is 152 Å². The van der Waals surface area contributed by atoms with Crippen molar-refractivity contribution >= 4 is 23.7 Å². The summed E-state index contributed by atoms with van der Waals surface area (Å²) in [5.41, 5.74) is 0.263. The summed E-state index contributed by atoms with van der Waals surface area (Å²) in [6.07, 6.45) is 1.38. The van der Waals surface area contributed by atoms with Crippen LogP contribution < -0.4 is 10.9 Å². The van der Waals surface area contributed by atoms with E-state index < -0.39 is 11.5 Å². The summed E-state index contributed by atoms with van der Waals surface area (Å²) in [6.45, 7) is 0.133. The maximum atomic E-state index is 12.9. The molecule has 0 unspecified atom stereocenters. The molecule has 1 heterocycles. The van der Waals surface area contributed by atoms with E-state index in [1.807, 2.05) is 0 Å². The number of benzene rings is 2. The van der Waals surface area contributed by atoms with Crippen LogP contribution in [-0.2, 0) is 6.54 Å². The van der Waals surface area contributed by atoms with Gasteiger partial charge in [0.25, 0.3) is 5.91 Å². The lowest BCUT2D eigenvalue weighted by Gasteiger charge is -2.02. The highest BCUT2D eigenvalue weighted by molar-refractivity contribution is 6.33. The standard InChI is InChI=1S/C17H13ClFN5O2/c18-14-4-2-1-3-12(14)10-21-24-17(26)15(22-23-24)16(25)20-9-11-5-7-13(19)8-6-11/h1-8,10,23H,9H2,(H,20,25). The van der Waals surface area contributed by atoms with E-state index in [-0.39, 0.29) is 18.1 Å². The van der Waals surface area contributed by atoms with Crippen molar-refractivity contribution in [3.63, 3.8) is 0 Å². The van der Waals surface area contributed by atoms with Gasteiger partial charge in [0.2, 0.25) is 5.69 Å². The van der Waals surface area contributed by atoms with Gasteiger partial charge < -0.3 is 5.32 Å². The lowest BCUT2D eigenvalue weighted by molar-refractivity contribution is 0.0944. The molecule has 0 aliphatic rings. The fourth-order valence-electron chi connectivity index (χ4n) is 2.09. The minimum absolute atomic E-state index is 0.133. The van der Waals surface area contributed by atoms with Gasteiger partial charge in [0.15, 0.2) is 0 Å². The topological polar surface area (TPSA) is 92.1 Å². The van der Waals surface area contributed by atoms with Crippen LogP contribution in [0.2, 0.25) is 5.02 Å². The lowest BCUT2D eigenvalue weighted by Crippen LogP contribution is -2.29. The predicted octanol–water partition coefficient (Wildman–Crippen LogP) is 2.18. The van der Waals surface area contributed by atoms with E-state index in [4.69, 9.17) is 11.6 Å². The second-order valence-electron chi connectivity index (χ2n) is 5.25. The number of H-pyrrole nitrogens is 1. The van der Waals surface area contributed by atoms with Crippen LogP contribution in [-0.4, -0.2) is 27.2 Å². The molecule has 7 nitrogen and oxygen atoms in total. The first kappa shape index (κ1) is 17.6. The Morgan fingerprint density at radius 2 is 2.00 bits per heavy atom. The fourth-order valence-corrected chi connectivity index (χ4v) is 2.27. The fraction of sp³-hybridized carbons (Fsp3) is 0.0588. The Balaban J connectivity index is 1.70. The van der Waals surface area contributed by atoms with E-state index in [1.165, 1.54) is 30.5 Å². The molecular formula is C17H13ClFN5O2. The van der Waals surface area contributed by atoms with E-state index in [0.29, 0.717) is 16.1 Å². The van der Waals surface area contributed by atoms with Crippen molar-refractivity contribution in [2.75, 3.05) is 0 Å². The van der Waals surface area contributed by atoms with Gasteiger partial charge >= 0.3 is 5.56 Å². The number of carbonyl (C=O) groups is 1. The molecule has 1 aromatic heterocycles. The van der Waals surface area contributed by atoms with Gasteiger partial charge in [-0.05, 0) is 23.8 Å². The summed E-state index contributed by atoms with van der Waals surface area (Å²) in [7, 11) is 0. The lowest BCUT2D eigenvalue weighted by atomic mass is 10.2. The number of carbonyl (C=O) groups excluding carboxylic acids is 1. The summed E-state index contributed by atoms with van der Waals surface area (Å²) in [5, 5.41) is 13.0. The first-order valence-electron chi connectivity index (χ1n) is 7.53. The molecule has 0 saturated heterocycles. The maximum Gasteiger partial charge on any atom is 0.320 e. The van der Waals surface area contributed by atoms with Crippen molar-refractivity contribution < 1.29 is 9.18 Å². The zero-order chi connectivity index (χ0) is 18.5. The first-order valence-corrected chi connectivity index (χ1v) is 7.91. The molecule has 26 heavy (non-hydrogen) atoms. The number of aromatic nitrogens is 3. The van der Waals surface area contributed by atoms with Gasteiger partial charge in [-0.25, -0.2) is 4.39 Å². The number of hydrogen-bond acceptors (Lipinski definition) is 4. The number of hydrogen-bond donors (Lipinski definition) is 2. The van der Waals surface area contributed by atoms with Gasteiger partial charge in [-0.15, -0.1) is 9.89 Å². The molecular weight excluding hydrogens is 361 g/mol. The average molecular weight is 374 g/mol. The van der Waals surface area contributed by atoms with Gasteiger partial charge in [-0.1, -0.05) is 41.9 Å². The molecule has 9 heteroatoms. The van der Waals surface area contributed by atoms with Crippen LogP contribution in [0.3, 0.4) is 0 Å². The second kappa shape index (κ2) is 7.75. The minimum Gasteiger partial charge on any atom is -0.346 e. The highest BCUT2D eigenvalue weighted by Gasteiger charge is 2.16. The van der Waals surface area contributed by atoms with E-state index >= 15 is 0 Å². The molecule has 0 saturated carbocycles. The molecule has 2 aromatic carbocycles. The molecule has 0 atom stereocenters. The first-order chi connectivity index (χ1) is 12.5. The molecule has 0 bridgehead atoms. The number of amides is 1. The van der Waals surface area contributed by atoms with E-state index in [9.17, 15) is 14.0 Å². The number of rotatable bonds is 5. The molecule has 0 aliphatic heterocycles. The van der Waals surface area contributed by atoms with Crippen molar-refractivity contribution in [1.29, 1.82) is 0 Å². The second-order valence-corrected chi connectivity index (χ2v) is 5.66. The van der Waals surface area contributed by atoms with Crippen LogP contribution in [0.25, 0.3) is 0 Å². The number of nitrogens with one attached hydrogen (secondary N) is 2. The van der Waals surface area contributed by atoms with Gasteiger partial charge in [-0.2, -0.15) is 10.3 Å². The zero-order valence-electron chi connectivity index (χ0n) is 13.3. The molecule has 132 valence electrons. The van der Waals surface area contributed by atoms with Crippen LogP contribution in [0.5, 0.6) is 0 Å². The zero-order valence-corrected chi connectivity index (χ0v) is 14.1. The quantitative estimate of drug-likeness (QED) is 0.671. The highest BCUT2D eigenvalue weighted by atomic mass is 35.5. The van der Waals surface area contributed by atoms with Crippen molar-refractivity contribution in [2.24, 2.45) is 5.10 Å². The van der Waals surface area contributed by atoms with Gasteiger partial charge in [0.05, 0.1) is 6.21 Å². The third kappa shape index (κ3) is 4.04. The van der Waals surface area contributed by atoms with Crippen molar-refractivity contribution in [2.45, 2.75) is 6.54 Å². The monoisotopic (exact) mass is 373 g/mol. The van der Waals surface area contributed by atoms with E-state index in [2.05, 4.69) is 20.7 Å². The van der Waals surface area contributed by atoms with Crippen molar-refractivity contribution in [3.05, 3.63) is 86.5 Å². The molecule has 0 spiro atoms. The number of halogens is 2. The Kier molecular flexibility index (Phi) is 5.23. The van der Waals surface area contributed by atoms with E-state index in [1.54, 1.807) is 24.3 Å². The summed E-state index contributed by atoms with van der Waals surface area (Å²) in [4.78, 5) is 25.1. The van der Waals surface area contributed by atoms with Crippen LogP contribution in [0.4, 0.5) is 4.39 Å². The van der Waals surface area contributed by atoms with Gasteiger partial charge in [0.1, 0.15) is 5.82 Å². The smallest absolute Gasteiger partial charge is 0.320 e. The summed E-state index contributed by atoms with van der Waals surface area (Å²) >= 11 is 6.00. The SMILES string of the molecule is O=C(NCc1ccc(F)cc1)c1n[nH]n(N=Cc2ccccc2Cl)c1=O. The van der Waals surface area contributed by atoms with Crippen LogP contribution >= 0.6 is 11.6 Å². The highest BCUT2D eigenvalue weighted by Crippen LogP contribution is 2.12. The van der Waals surface area contributed by atoms with Crippen LogP contribution in [0.1, 0.15) is 21.6 Å². The molecule has 0 aliphatic carbocycles. The molecule has 0 fully saturated rings. The Morgan fingerprint density at radius 3 is 2.73 bits per heavy atom. The maximum absolute atomic E-state index is 12.9. The van der Waals surface area contributed by atoms with Gasteiger partial charge in [0, 0.05) is 17.1 Å². The van der Waals surface area contributed by atoms with Crippen molar-refractivity contribution in [3.8, 4) is 0 Å². The third-order valence-corrected chi connectivity index (χ3v) is 3.79. The van der Waals surface area contributed by atoms with Crippen LogP contribution in [0, 0.1) is 5.82 Å². The molecule has 1 amide bonds. The average Bonchev–Trinajstić information content (AvgIpc) is 3.01. The Morgan fingerprint density at radius 1 is 1.27 bits per heavy atom. The van der Waals surface area contributed by atoms with Gasteiger partial charge in [-0.3, -0.25) is 9.59 Å². The van der Waals surface area contributed by atoms with E-state index in [0.717, 1.165) is 4.79 Å². The summed E-state index contributed by atoms with van der Waals surface area (Å²) in [5.74, 6) is -1.03. The molecule has 2 N–H and O–H groups in total. The predicted molar refractivity (Wildman–Crippen MR) is 94.9 cm³/mol. The molecule has 3 aromatic rings. The minimum atomic E-state index is -0.704. The van der Waals surface area contributed by atoms with Crippen molar-refractivity contribution in [1.82, 2.24) is 20.4 Å². The summed E-state index contributed by atoms with van der Waals surface area (Å²) in [6, 6.07) is 12.6.